The predicted molar refractivity (Wildman–Crippen MR) is 69.9 cm³/mol. The molecule has 3 rings (SSSR count). The molecule has 0 atom stereocenters. The van der Waals surface area contributed by atoms with Gasteiger partial charge in [-0.25, -0.2) is 4.39 Å². The number of benzene rings is 1. The van der Waals surface area contributed by atoms with Crippen LogP contribution in [0.25, 0.3) is 10.9 Å². The molecule has 0 unspecified atom stereocenters. The highest BCUT2D eigenvalue weighted by Gasteiger charge is 2.20. The van der Waals surface area contributed by atoms with Crippen LogP contribution in [0.3, 0.4) is 0 Å². The van der Waals surface area contributed by atoms with E-state index >= 15 is 0 Å². The molecule has 10 heteroatoms. The van der Waals surface area contributed by atoms with Crippen molar-refractivity contribution in [2.45, 2.75) is 6.54 Å². The van der Waals surface area contributed by atoms with E-state index in [9.17, 15) is 14.5 Å². The van der Waals surface area contributed by atoms with Crippen LogP contribution in [0.4, 0.5) is 15.8 Å². The molecule has 21 heavy (non-hydrogen) atoms. The molecule has 0 saturated heterocycles. The number of fused-ring (bicyclic) bond motifs is 1. The molecule has 2 heterocycles. The average Bonchev–Trinajstić information content (AvgIpc) is 2.98. The highest BCUT2D eigenvalue weighted by Crippen LogP contribution is 2.32. The van der Waals surface area contributed by atoms with Crippen molar-refractivity contribution in [3.8, 4) is 0 Å². The molecule has 0 fully saturated rings. The number of aromatic amines is 1. The second-order valence-corrected chi connectivity index (χ2v) is 4.09. The molecule has 9 nitrogen and oxygen atoms in total. The first-order valence-corrected chi connectivity index (χ1v) is 5.84. The van der Waals surface area contributed by atoms with E-state index in [1.165, 1.54) is 12.3 Å². The first-order valence-electron chi connectivity index (χ1n) is 5.84. The number of aromatic nitrogens is 5. The predicted octanol–water partition coefficient (Wildman–Crippen LogP) is 1.41. The largest absolute Gasteiger partial charge is 0.373 e. The molecule has 0 bridgehead atoms. The van der Waals surface area contributed by atoms with Crippen LogP contribution in [0.15, 0.2) is 24.4 Å². The Balaban J connectivity index is 2.08. The number of hydrogen-bond acceptors (Lipinski definition) is 7. The maximum Gasteiger partial charge on any atom is 0.281 e. The molecular formula is C11H8FN7O2. The van der Waals surface area contributed by atoms with Crippen molar-refractivity contribution < 1.29 is 9.31 Å². The van der Waals surface area contributed by atoms with Gasteiger partial charge >= 0.3 is 0 Å². The number of rotatable bonds is 4. The minimum atomic E-state index is -0.767. The van der Waals surface area contributed by atoms with Crippen LogP contribution < -0.4 is 5.32 Å². The summed E-state index contributed by atoms with van der Waals surface area (Å²) in [6.07, 6.45) is 1.44. The van der Waals surface area contributed by atoms with E-state index in [4.69, 9.17) is 0 Å². The molecule has 0 spiro atoms. The van der Waals surface area contributed by atoms with Gasteiger partial charge in [-0.3, -0.25) is 15.1 Å². The number of nitro benzene ring substituents is 1. The van der Waals surface area contributed by atoms with Crippen molar-refractivity contribution in [1.29, 1.82) is 0 Å². The van der Waals surface area contributed by atoms with Crippen LogP contribution in [0.1, 0.15) is 5.82 Å². The Hall–Kier alpha value is -3.17. The van der Waals surface area contributed by atoms with Crippen molar-refractivity contribution >= 4 is 22.3 Å². The average molecular weight is 289 g/mol. The van der Waals surface area contributed by atoms with Crippen molar-refractivity contribution in [3.63, 3.8) is 0 Å². The second kappa shape index (κ2) is 5.07. The molecule has 2 aromatic heterocycles. The van der Waals surface area contributed by atoms with Gasteiger partial charge in [-0.2, -0.15) is 5.21 Å². The van der Waals surface area contributed by atoms with E-state index in [0.717, 1.165) is 6.07 Å². The first-order chi connectivity index (χ1) is 10.2. The van der Waals surface area contributed by atoms with Crippen molar-refractivity contribution in [2.75, 3.05) is 5.32 Å². The monoisotopic (exact) mass is 289 g/mol. The van der Waals surface area contributed by atoms with Gasteiger partial charge in [-0.1, -0.05) is 5.21 Å². The first kappa shape index (κ1) is 12.8. The number of anilines is 1. The zero-order valence-corrected chi connectivity index (χ0v) is 10.4. The summed E-state index contributed by atoms with van der Waals surface area (Å²) in [7, 11) is 0. The van der Waals surface area contributed by atoms with Crippen LogP contribution in [0, 0.1) is 15.9 Å². The van der Waals surface area contributed by atoms with E-state index in [-0.39, 0.29) is 28.8 Å². The summed E-state index contributed by atoms with van der Waals surface area (Å²) in [6, 6.07) is 3.93. The number of nitrogens with zero attached hydrogens (tertiary/aromatic N) is 5. The highest BCUT2D eigenvalue weighted by molar-refractivity contribution is 5.96. The number of pyridine rings is 1. The van der Waals surface area contributed by atoms with Gasteiger partial charge in [-0.05, 0) is 12.1 Å². The number of non-ortho nitro benzene ring substituents is 1. The van der Waals surface area contributed by atoms with Crippen LogP contribution in [0.2, 0.25) is 0 Å². The summed E-state index contributed by atoms with van der Waals surface area (Å²) >= 11 is 0. The Bertz CT molecular complexity index is 806. The molecule has 0 aliphatic rings. The second-order valence-electron chi connectivity index (χ2n) is 4.09. The van der Waals surface area contributed by atoms with E-state index in [1.54, 1.807) is 6.07 Å². The summed E-state index contributed by atoms with van der Waals surface area (Å²) in [5.41, 5.74) is -0.102. The van der Waals surface area contributed by atoms with E-state index in [2.05, 4.69) is 30.9 Å². The Labute approximate surface area is 116 Å². The third-order valence-electron chi connectivity index (χ3n) is 2.83. The van der Waals surface area contributed by atoms with Crippen molar-refractivity contribution in [3.05, 3.63) is 46.2 Å². The quantitative estimate of drug-likeness (QED) is 0.549. The third kappa shape index (κ3) is 2.33. The Kier molecular flexibility index (Phi) is 3.10. The Morgan fingerprint density at radius 3 is 3.05 bits per heavy atom. The Morgan fingerprint density at radius 1 is 1.48 bits per heavy atom. The van der Waals surface area contributed by atoms with Gasteiger partial charge in [0.2, 0.25) is 0 Å². The summed E-state index contributed by atoms with van der Waals surface area (Å²) in [5.74, 6) is -0.437. The van der Waals surface area contributed by atoms with Gasteiger partial charge in [0.15, 0.2) is 11.6 Å². The molecule has 106 valence electrons. The molecule has 0 saturated carbocycles. The summed E-state index contributed by atoms with van der Waals surface area (Å²) in [6.45, 7) is 0.108. The van der Waals surface area contributed by atoms with Gasteiger partial charge in [0.05, 0.1) is 28.6 Å². The maximum absolute atomic E-state index is 14.1. The fourth-order valence-corrected chi connectivity index (χ4v) is 1.94. The number of nitro groups is 1. The van der Waals surface area contributed by atoms with E-state index in [1.807, 2.05) is 0 Å². The van der Waals surface area contributed by atoms with Gasteiger partial charge in [0.1, 0.15) is 5.52 Å². The van der Waals surface area contributed by atoms with Crippen molar-refractivity contribution in [2.24, 2.45) is 0 Å². The zero-order valence-electron chi connectivity index (χ0n) is 10.4. The molecular weight excluding hydrogens is 281 g/mol. The van der Waals surface area contributed by atoms with Gasteiger partial charge in [-0.15, -0.1) is 10.2 Å². The fraction of sp³-hybridized carbons (Fsp3) is 0.0909. The van der Waals surface area contributed by atoms with Crippen molar-refractivity contribution in [1.82, 2.24) is 25.6 Å². The topological polar surface area (TPSA) is 123 Å². The smallest absolute Gasteiger partial charge is 0.281 e. The van der Waals surface area contributed by atoms with Crippen LogP contribution >= 0.6 is 0 Å². The fourth-order valence-electron chi connectivity index (χ4n) is 1.94. The van der Waals surface area contributed by atoms with Crippen LogP contribution in [0.5, 0.6) is 0 Å². The summed E-state index contributed by atoms with van der Waals surface area (Å²) < 4.78 is 14.1. The third-order valence-corrected chi connectivity index (χ3v) is 2.83. The molecule has 0 radical (unpaired) electrons. The Morgan fingerprint density at radius 2 is 2.33 bits per heavy atom. The SMILES string of the molecule is O=[N+]([O-])c1cc(F)c(NCc2nn[nH]n2)c2ncccc12. The van der Waals surface area contributed by atoms with Gasteiger partial charge < -0.3 is 5.32 Å². The van der Waals surface area contributed by atoms with E-state index < -0.39 is 10.7 Å². The lowest BCUT2D eigenvalue weighted by Gasteiger charge is -2.09. The van der Waals surface area contributed by atoms with Gasteiger partial charge in [0.25, 0.3) is 5.69 Å². The molecule has 1 aromatic carbocycles. The lowest BCUT2D eigenvalue weighted by molar-refractivity contribution is -0.383. The van der Waals surface area contributed by atoms with Crippen LogP contribution in [-0.2, 0) is 6.54 Å². The number of hydrogen-bond donors (Lipinski definition) is 2. The number of H-pyrrole nitrogens is 1. The lowest BCUT2D eigenvalue weighted by atomic mass is 10.1. The number of halogens is 1. The zero-order chi connectivity index (χ0) is 14.8. The van der Waals surface area contributed by atoms with Crippen LogP contribution in [-0.4, -0.2) is 30.5 Å². The lowest BCUT2D eigenvalue weighted by Crippen LogP contribution is -2.05. The number of tetrazole rings is 1. The van der Waals surface area contributed by atoms with Gasteiger partial charge in [0, 0.05) is 6.20 Å². The summed E-state index contributed by atoms with van der Waals surface area (Å²) in [4.78, 5) is 14.4. The normalized spacial score (nSPS) is 10.7. The minimum Gasteiger partial charge on any atom is -0.373 e. The molecule has 2 N–H and O–H groups in total. The summed E-state index contributed by atoms with van der Waals surface area (Å²) in [5, 5.41) is 27.1. The molecule has 0 amide bonds. The highest BCUT2D eigenvalue weighted by atomic mass is 19.1. The molecule has 3 aromatic rings. The number of nitrogens with one attached hydrogen (secondary N) is 2. The molecule has 0 aliphatic carbocycles. The van der Waals surface area contributed by atoms with E-state index in [0.29, 0.717) is 5.82 Å². The minimum absolute atomic E-state index is 0.0565. The standard InChI is InChI=1S/C11H8FN7O2/c12-7-4-8(19(20)21)6-2-1-3-13-10(6)11(7)14-5-9-15-17-18-16-9/h1-4,14H,5H2,(H,15,16,17,18). The molecule has 0 aliphatic heterocycles. The maximum atomic E-state index is 14.1.